The first-order chi connectivity index (χ1) is 14.1. The second kappa shape index (κ2) is 7.09. The molecule has 5 rings (SSSR count). The number of β-amino-alcohol motifs (C(OH)–C–C–N with tert-alkyl or cyclic N) is 1. The summed E-state index contributed by atoms with van der Waals surface area (Å²) in [6.07, 6.45) is 0.722. The summed E-state index contributed by atoms with van der Waals surface area (Å²) in [5, 5.41) is 19.9. The van der Waals surface area contributed by atoms with Gasteiger partial charge in [-0.15, -0.1) is 5.10 Å². The molecular formula is C22H24N6O. The number of hydrogen-bond acceptors (Lipinski definition) is 6. The van der Waals surface area contributed by atoms with Crippen molar-refractivity contribution in [3.8, 4) is 0 Å². The van der Waals surface area contributed by atoms with E-state index in [1.165, 1.54) is 5.56 Å². The Kier molecular flexibility index (Phi) is 4.41. The third kappa shape index (κ3) is 3.54. The van der Waals surface area contributed by atoms with Crippen molar-refractivity contribution in [1.29, 1.82) is 0 Å². The average molecular weight is 388 g/mol. The van der Waals surface area contributed by atoms with Crippen molar-refractivity contribution in [3.63, 3.8) is 0 Å². The minimum absolute atomic E-state index is 0.414. The van der Waals surface area contributed by atoms with Gasteiger partial charge in [0.2, 0.25) is 5.95 Å². The average Bonchev–Trinajstić information content (AvgIpc) is 3.30. The van der Waals surface area contributed by atoms with Crippen LogP contribution in [-0.2, 0) is 6.54 Å². The van der Waals surface area contributed by atoms with Crippen LogP contribution in [0.2, 0.25) is 0 Å². The van der Waals surface area contributed by atoms with Crippen molar-refractivity contribution in [2.75, 3.05) is 25.0 Å². The van der Waals surface area contributed by atoms with Crippen LogP contribution in [0, 0.1) is 6.92 Å². The minimum Gasteiger partial charge on any atom is -0.387 e. The van der Waals surface area contributed by atoms with Gasteiger partial charge in [-0.2, -0.15) is 4.52 Å². The largest absolute Gasteiger partial charge is 0.387 e. The predicted octanol–water partition coefficient (Wildman–Crippen LogP) is 2.63. The molecule has 7 heteroatoms. The molecule has 0 amide bonds. The molecular weight excluding hydrogens is 364 g/mol. The lowest BCUT2D eigenvalue weighted by Crippen LogP contribution is -2.40. The summed E-state index contributed by atoms with van der Waals surface area (Å²) in [6.45, 7) is 4.64. The third-order valence-corrected chi connectivity index (χ3v) is 5.52. The Bertz CT molecular complexity index is 1160. The van der Waals surface area contributed by atoms with E-state index in [-0.39, 0.29) is 0 Å². The number of nitrogens with zero attached hydrogens (tertiary/aromatic N) is 5. The highest BCUT2D eigenvalue weighted by atomic mass is 16.3. The summed E-state index contributed by atoms with van der Waals surface area (Å²) in [5.74, 6) is 1.30. The normalized spacial score (nSPS) is 19.9. The van der Waals surface area contributed by atoms with E-state index < -0.39 is 5.60 Å². The van der Waals surface area contributed by atoms with Crippen LogP contribution in [0.1, 0.15) is 17.8 Å². The summed E-state index contributed by atoms with van der Waals surface area (Å²) in [5.41, 5.74) is 2.10. The van der Waals surface area contributed by atoms with Gasteiger partial charge in [-0.1, -0.05) is 42.5 Å². The molecule has 1 aliphatic heterocycles. The second-order valence-corrected chi connectivity index (χ2v) is 7.87. The predicted molar refractivity (Wildman–Crippen MR) is 113 cm³/mol. The topological polar surface area (TPSA) is 78.6 Å². The molecule has 1 unspecified atom stereocenters. The summed E-state index contributed by atoms with van der Waals surface area (Å²) >= 11 is 0. The Hall–Kier alpha value is -3.03. The van der Waals surface area contributed by atoms with Gasteiger partial charge in [0.15, 0.2) is 5.65 Å². The van der Waals surface area contributed by atoms with Gasteiger partial charge in [0.25, 0.3) is 0 Å². The Morgan fingerprint density at radius 2 is 1.86 bits per heavy atom. The minimum atomic E-state index is -0.802. The van der Waals surface area contributed by atoms with Gasteiger partial charge in [0, 0.05) is 31.6 Å². The van der Waals surface area contributed by atoms with E-state index in [2.05, 4.69) is 44.6 Å². The number of benzene rings is 2. The quantitative estimate of drug-likeness (QED) is 0.547. The van der Waals surface area contributed by atoms with Crippen molar-refractivity contribution in [3.05, 3.63) is 66.0 Å². The lowest BCUT2D eigenvalue weighted by Gasteiger charge is -2.24. The zero-order chi connectivity index (χ0) is 19.8. The third-order valence-electron chi connectivity index (χ3n) is 5.52. The van der Waals surface area contributed by atoms with Gasteiger partial charge in [0.05, 0.1) is 11.1 Å². The van der Waals surface area contributed by atoms with Crippen LogP contribution < -0.4 is 5.32 Å². The van der Waals surface area contributed by atoms with Gasteiger partial charge < -0.3 is 10.4 Å². The van der Waals surface area contributed by atoms with E-state index in [0.717, 1.165) is 36.1 Å². The van der Waals surface area contributed by atoms with Crippen molar-refractivity contribution in [1.82, 2.24) is 24.5 Å². The molecule has 1 saturated heterocycles. The van der Waals surface area contributed by atoms with Gasteiger partial charge in [0.1, 0.15) is 5.82 Å². The van der Waals surface area contributed by atoms with Gasteiger partial charge in [-0.25, -0.2) is 9.97 Å². The number of rotatable bonds is 5. The number of fused-ring (bicyclic) bond motifs is 3. The van der Waals surface area contributed by atoms with Crippen LogP contribution in [0.5, 0.6) is 0 Å². The number of hydrogen-bond donors (Lipinski definition) is 2. The number of nitrogens with one attached hydrogen (secondary N) is 1. The SMILES string of the molecule is Cc1nc2c3ccccc3nc(NCC3(O)CCN(Cc4ccccc4)C3)n2n1. The van der Waals surface area contributed by atoms with Crippen LogP contribution in [0.4, 0.5) is 5.95 Å². The van der Waals surface area contributed by atoms with Crippen molar-refractivity contribution < 1.29 is 5.11 Å². The zero-order valence-electron chi connectivity index (χ0n) is 16.4. The van der Waals surface area contributed by atoms with E-state index in [9.17, 15) is 5.11 Å². The maximum absolute atomic E-state index is 11.1. The van der Waals surface area contributed by atoms with E-state index in [1.807, 2.05) is 37.3 Å². The molecule has 0 radical (unpaired) electrons. The number of para-hydroxylation sites is 1. The maximum atomic E-state index is 11.1. The molecule has 0 saturated carbocycles. The van der Waals surface area contributed by atoms with Crippen LogP contribution in [0.3, 0.4) is 0 Å². The fourth-order valence-electron chi connectivity index (χ4n) is 4.08. The van der Waals surface area contributed by atoms with Crippen molar-refractivity contribution in [2.45, 2.75) is 25.5 Å². The molecule has 7 nitrogen and oxygen atoms in total. The first-order valence-electron chi connectivity index (χ1n) is 9.94. The van der Waals surface area contributed by atoms with E-state index in [1.54, 1.807) is 4.52 Å². The molecule has 29 heavy (non-hydrogen) atoms. The van der Waals surface area contributed by atoms with E-state index in [0.29, 0.717) is 24.9 Å². The number of aryl methyl sites for hydroxylation is 1. The Labute approximate surface area is 169 Å². The standard InChI is InChI=1S/C22H24N6O/c1-16-24-20-18-9-5-6-10-19(18)25-21(28(20)26-16)23-14-22(29)11-12-27(15-22)13-17-7-3-2-4-8-17/h2-10,29H,11-15H2,1H3,(H,23,25). The molecule has 148 valence electrons. The Morgan fingerprint density at radius 1 is 1.07 bits per heavy atom. The highest BCUT2D eigenvalue weighted by Crippen LogP contribution is 2.25. The van der Waals surface area contributed by atoms with Crippen LogP contribution in [-0.4, -0.2) is 54.8 Å². The van der Waals surface area contributed by atoms with Gasteiger partial charge in [-0.05, 0) is 31.0 Å². The number of aliphatic hydroxyl groups is 1. The van der Waals surface area contributed by atoms with Crippen LogP contribution in [0.25, 0.3) is 16.6 Å². The first kappa shape index (κ1) is 18.0. The second-order valence-electron chi connectivity index (χ2n) is 7.87. The fraction of sp³-hybridized carbons (Fsp3) is 0.318. The molecule has 1 fully saturated rings. The smallest absolute Gasteiger partial charge is 0.226 e. The summed E-state index contributed by atoms with van der Waals surface area (Å²) in [6, 6.07) is 18.3. The lowest BCUT2D eigenvalue weighted by molar-refractivity contribution is 0.0613. The summed E-state index contributed by atoms with van der Waals surface area (Å²) in [7, 11) is 0. The molecule has 4 aromatic rings. The first-order valence-corrected chi connectivity index (χ1v) is 9.94. The maximum Gasteiger partial charge on any atom is 0.226 e. The molecule has 2 aromatic heterocycles. The fourth-order valence-corrected chi connectivity index (χ4v) is 4.08. The van der Waals surface area contributed by atoms with E-state index >= 15 is 0 Å². The zero-order valence-corrected chi connectivity index (χ0v) is 16.4. The van der Waals surface area contributed by atoms with Gasteiger partial charge in [-0.3, -0.25) is 4.90 Å². The Balaban J connectivity index is 1.35. The van der Waals surface area contributed by atoms with Crippen molar-refractivity contribution >= 4 is 22.5 Å². The van der Waals surface area contributed by atoms with Crippen LogP contribution in [0.15, 0.2) is 54.6 Å². The molecule has 2 N–H and O–H groups in total. The number of anilines is 1. The monoisotopic (exact) mass is 388 g/mol. The molecule has 0 aliphatic carbocycles. The Morgan fingerprint density at radius 3 is 2.72 bits per heavy atom. The summed E-state index contributed by atoms with van der Waals surface area (Å²) in [4.78, 5) is 11.6. The van der Waals surface area contributed by atoms with E-state index in [4.69, 9.17) is 4.98 Å². The molecule has 1 atom stereocenters. The number of aromatic nitrogens is 4. The molecule has 0 bridgehead atoms. The molecule has 3 heterocycles. The summed E-state index contributed by atoms with van der Waals surface area (Å²) < 4.78 is 1.73. The molecule has 0 spiro atoms. The highest BCUT2D eigenvalue weighted by molar-refractivity contribution is 5.92. The highest BCUT2D eigenvalue weighted by Gasteiger charge is 2.36. The van der Waals surface area contributed by atoms with Gasteiger partial charge >= 0.3 is 0 Å². The lowest BCUT2D eigenvalue weighted by atomic mass is 10.0. The van der Waals surface area contributed by atoms with Crippen molar-refractivity contribution in [2.24, 2.45) is 0 Å². The van der Waals surface area contributed by atoms with Crippen LogP contribution >= 0.6 is 0 Å². The molecule has 2 aromatic carbocycles. The number of likely N-dealkylation sites (tertiary alicyclic amines) is 1. The molecule has 1 aliphatic rings.